The fraction of sp³-hybridized carbons (Fsp3) is 0.533. The number of hydrogen-bond acceptors (Lipinski definition) is 3. The third-order valence-electron chi connectivity index (χ3n) is 3.52. The lowest BCUT2D eigenvalue weighted by molar-refractivity contribution is -0.136. The van der Waals surface area contributed by atoms with E-state index in [-0.39, 0.29) is 12.0 Å². The van der Waals surface area contributed by atoms with Crippen LogP contribution in [0.1, 0.15) is 31.4 Å². The molecule has 1 fully saturated rings. The Morgan fingerprint density at radius 3 is 2.89 bits per heavy atom. The molecule has 0 unspecified atom stereocenters. The zero-order valence-electron chi connectivity index (χ0n) is 11.4. The topological polar surface area (TPSA) is 55.6 Å². The lowest BCUT2D eigenvalue weighted by Crippen LogP contribution is -2.46. The molecule has 4 heteroatoms. The highest BCUT2D eigenvalue weighted by Crippen LogP contribution is 2.18. The van der Waals surface area contributed by atoms with Crippen LogP contribution in [0.15, 0.2) is 30.3 Å². The van der Waals surface area contributed by atoms with Gasteiger partial charge in [-0.3, -0.25) is 4.79 Å². The molecular formula is C15H22N2O2. The summed E-state index contributed by atoms with van der Waals surface area (Å²) in [5.74, 6) is -0.00407. The van der Waals surface area contributed by atoms with E-state index in [9.17, 15) is 4.79 Å². The summed E-state index contributed by atoms with van der Waals surface area (Å²) in [5, 5.41) is 0. The summed E-state index contributed by atoms with van der Waals surface area (Å²) in [6, 6.07) is 8.95. The van der Waals surface area contributed by atoms with Gasteiger partial charge < -0.3 is 15.4 Å². The fourth-order valence-corrected chi connectivity index (χ4v) is 2.51. The Kier molecular flexibility index (Phi) is 4.93. The first-order valence-corrected chi connectivity index (χ1v) is 6.93. The monoisotopic (exact) mass is 262 g/mol. The smallest absolute Gasteiger partial charge is 0.244 e. The van der Waals surface area contributed by atoms with E-state index in [1.807, 2.05) is 42.2 Å². The second kappa shape index (κ2) is 6.68. The number of carbonyl (C=O) groups excluding carboxylic acids is 1. The Hall–Kier alpha value is -1.39. The van der Waals surface area contributed by atoms with Crippen molar-refractivity contribution in [3.63, 3.8) is 0 Å². The molecule has 0 radical (unpaired) electrons. The van der Waals surface area contributed by atoms with Crippen molar-refractivity contribution < 1.29 is 9.53 Å². The van der Waals surface area contributed by atoms with Crippen LogP contribution in [-0.4, -0.2) is 36.6 Å². The van der Waals surface area contributed by atoms with E-state index in [4.69, 9.17) is 10.5 Å². The largest absolute Gasteiger partial charge is 0.377 e. The summed E-state index contributed by atoms with van der Waals surface area (Å²) in [7, 11) is 0. The number of rotatable bonds is 4. The van der Waals surface area contributed by atoms with Crippen LogP contribution in [0.4, 0.5) is 0 Å². The Bertz CT molecular complexity index is 406. The molecule has 2 rings (SSSR count). The molecule has 1 aliphatic heterocycles. The molecule has 1 aromatic rings. The van der Waals surface area contributed by atoms with Crippen LogP contribution in [0.3, 0.4) is 0 Å². The van der Waals surface area contributed by atoms with Gasteiger partial charge in [0.05, 0.1) is 6.10 Å². The van der Waals surface area contributed by atoms with Crippen LogP contribution in [0.25, 0.3) is 0 Å². The minimum Gasteiger partial charge on any atom is -0.377 e. The number of ether oxygens (including phenoxy) is 1. The van der Waals surface area contributed by atoms with Crippen molar-refractivity contribution in [3.8, 4) is 0 Å². The maximum Gasteiger partial charge on any atom is 0.244 e. The molecule has 1 heterocycles. The number of hydrogen-bond donors (Lipinski definition) is 1. The molecule has 1 amide bonds. The molecule has 0 saturated carbocycles. The Morgan fingerprint density at radius 2 is 2.21 bits per heavy atom. The van der Waals surface area contributed by atoms with Crippen molar-refractivity contribution >= 4 is 5.91 Å². The zero-order chi connectivity index (χ0) is 13.7. The molecule has 0 spiro atoms. The second-order valence-electron chi connectivity index (χ2n) is 4.89. The number of likely N-dealkylation sites (tertiary alicyclic amines) is 1. The van der Waals surface area contributed by atoms with Gasteiger partial charge in [0.1, 0.15) is 6.04 Å². The van der Waals surface area contributed by atoms with E-state index < -0.39 is 6.04 Å². The normalized spacial score (nSPS) is 21.2. The molecule has 0 aromatic heterocycles. The van der Waals surface area contributed by atoms with Gasteiger partial charge in [-0.25, -0.2) is 0 Å². The predicted molar refractivity (Wildman–Crippen MR) is 74.6 cm³/mol. The number of amides is 1. The molecule has 1 aliphatic rings. The highest BCUT2D eigenvalue weighted by Gasteiger charge is 2.27. The van der Waals surface area contributed by atoms with Gasteiger partial charge in [-0.1, -0.05) is 30.3 Å². The second-order valence-corrected chi connectivity index (χ2v) is 4.89. The minimum atomic E-state index is -0.568. The van der Waals surface area contributed by atoms with E-state index in [1.165, 1.54) is 0 Å². The van der Waals surface area contributed by atoms with Gasteiger partial charge in [0.15, 0.2) is 0 Å². The molecular weight excluding hydrogens is 240 g/mol. The van der Waals surface area contributed by atoms with E-state index in [0.29, 0.717) is 13.2 Å². The van der Waals surface area contributed by atoms with Crippen molar-refractivity contribution in [2.24, 2.45) is 5.73 Å². The zero-order valence-corrected chi connectivity index (χ0v) is 11.4. The van der Waals surface area contributed by atoms with Crippen molar-refractivity contribution in [2.75, 3.05) is 19.7 Å². The van der Waals surface area contributed by atoms with Gasteiger partial charge >= 0.3 is 0 Å². The summed E-state index contributed by atoms with van der Waals surface area (Å²) in [6.45, 7) is 4.12. The number of nitrogens with two attached hydrogens (primary N) is 1. The van der Waals surface area contributed by atoms with E-state index in [2.05, 4.69) is 0 Å². The van der Waals surface area contributed by atoms with E-state index in [1.54, 1.807) is 0 Å². The third kappa shape index (κ3) is 3.55. The Morgan fingerprint density at radius 1 is 1.47 bits per heavy atom. The minimum absolute atomic E-state index is 0.00407. The van der Waals surface area contributed by atoms with Gasteiger partial charge in [0.25, 0.3) is 0 Å². The van der Waals surface area contributed by atoms with Gasteiger partial charge in [0, 0.05) is 19.7 Å². The summed E-state index contributed by atoms with van der Waals surface area (Å²) in [4.78, 5) is 14.2. The first-order valence-electron chi connectivity index (χ1n) is 6.93. The van der Waals surface area contributed by atoms with Crippen molar-refractivity contribution in [1.82, 2.24) is 4.90 Å². The van der Waals surface area contributed by atoms with Gasteiger partial charge in [-0.05, 0) is 25.3 Å². The van der Waals surface area contributed by atoms with Crippen molar-refractivity contribution in [3.05, 3.63) is 35.9 Å². The highest BCUT2D eigenvalue weighted by molar-refractivity contribution is 5.83. The van der Waals surface area contributed by atoms with Crippen LogP contribution in [0, 0.1) is 0 Å². The number of carbonyl (C=O) groups is 1. The summed E-state index contributed by atoms with van der Waals surface area (Å²) < 4.78 is 5.61. The van der Waals surface area contributed by atoms with E-state index in [0.717, 1.165) is 24.9 Å². The summed E-state index contributed by atoms with van der Waals surface area (Å²) in [6.07, 6.45) is 2.17. The lowest BCUT2D eigenvalue weighted by atomic mass is 10.0. The van der Waals surface area contributed by atoms with Crippen LogP contribution < -0.4 is 5.73 Å². The average Bonchev–Trinajstić information content (AvgIpc) is 2.47. The summed E-state index contributed by atoms with van der Waals surface area (Å²) >= 11 is 0. The average molecular weight is 262 g/mol. The van der Waals surface area contributed by atoms with E-state index >= 15 is 0 Å². The van der Waals surface area contributed by atoms with Gasteiger partial charge in [0.2, 0.25) is 5.91 Å². The number of piperidine rings is 1. The molecule has 19 heavy (non-hydrogen) atoms. The van der Waals surface area contributed by atoms with Crippen LogP contribution in [0.5, 0.6) is 0 Å². The first kappa shape index (κ1) is 14.0. The molecule has 1 aromatic carbocycles. The highest BCUT2D eigenvalue weighted by atomic mass is 16.5. The summed E-state index contributed by atoms with van der Waals surface area (Å²) in [5.41, 5.74) is 6.92. The van der Waals surface area contributed by atoms with Gasteiger partial charge in [-0.15, -0.1) is 0 Å². The van der Waals surface area contributed by atoms with Crippen LogP contribution >= 0.6 is 0 Å². The third-order valence-corrected chi connectivity index (χ3v) is 3.52. The molecule has 1 saturated heterocycles. The molecule has 0 bridgehead atoms. The van der Waals surface area contributed by atoms with Crippen molar-refractivity contribution in [1.29, 1.82) is 0 Å². The molecule has 2 N–H and O–H groups in total. The maximum absolute atomic E-state index is 12.4. The standard InChI is InChI=1S/C15H22N2O2/c1-2-19-13-9-6-10-17(11-13)15(18)14(16)12-7-4-3-5-8-12/h3-5,7-8,13-14H,2,6,9-11,16H2,1H3/t13-,14-/m0/s1. The Labute approximate surface area is 114 Å². The molecule has 104 valence electrons. The molecule has 2 atom stereocenters. The number of benzene rings is 1. The quantitative estimate of drug-likeness (QED) is 0.898. The SMILES string of the molecule is CCO[C@H]1CCCN(C(=O)[C@@H](N)c2ccccc2)C1. The lowest BCUT2D eigenvalue weighted by Gasteiger charge is -2.34. The fourth-order valence-electron chi connectivity index (χ4n) is 2.51. The molecule has 0 aliphatic carbocycles. The van der Waals surface area contributed by atoms with Crippen molar-refractivity contribution in [2.45, 2.75) is 31.9 Å². The van der Waals surface area contributed by atoms with Gasteiger partial charge in [-0.2, -0.15) is 0 Å². The Balaban J connectivity index is 1.99. The molecule has 4 nitrogen and oxygen atoms in total. The van der Waals surface area contributed by atoms with Crippen LogP contribution in [0.2, 0.25) is 0 Å². The van der Waals surface area contributed by atoms with Crippen LogP contribution in [-0.2, 0) is 9.53 Å². The predicted octanol–water partition coefficient (Wildman–Crippen LogP) is 1.71. The first-order chi connectivity index (χ1) is 9.22. The maximum atomic E-state index is 12.4. The number of nitrogens with zero attached hydrogens (tertiary/aromatic N) is 1.